The van der Waals surface area contributed by atoms with Crippen LogP contribution in [0.25, 0.3) is 0 Å². The number of nitrogens with two attached hydrogens (primary N) is 2. The molecule has 0 aliphatic carbocycles. The highest BCUT2D eigenvalue weighted by molar-refractivity contribution is 6.67. The number of carbonyl (C=O) groups excluding carboxylic acids is 1. The van der Waals surface area contributed by atoms with Crippen LogP contribution >= 0.6 is 0 Å². The molecule has 0 aliphatic rings. The van der Waals surface area contributed by atoms with Crippen molar-refractivity contribution in [1.29, 1.82) is 0 Å². The van der Waals surface area contributed by atoms with Gasteiger partial charge in [-0.2, -0.15) is 4.98 Å². The Balaban J connectivity index is 1.94. The highest BCUT2D eigenvalue weighted by Gasteiger charge is 2.21. The van der Waals surface area contributed by atoms with Gasteiger partial charge in [-0.05, 0) is 42.0 Å². The number of hydrogen-bond acceptors (Lipinski definition) is 10. The smallest absolute Gasteiger partial charge is 0.362 e. The standard InChI is InChI=1S/C24H21N5O6/c1-34-18-11-14(10-17-12-27-24(26)28-22(17)25)9-16(21(18)35-2)8-5-13-3-6-15(7-4-13)20(30)19(29-33)23(31)32/h3-4,6-7,9,11-12,33H,10H2,1-2H3,(H,31,32)(H4,25,26,27,28). The largest absolute Gasteiger partial charge is 0.493 e. The van der Waals surface area contributed by atoms with Crippen LogP contribution < -0.4 is 20.9 Å². The Bertz CT molecular complexity index is 1370. The summed E-state index contributed by atoms with van der Waals surface area (Å²) in [5, 5.41) is 20.2. The monoisotopic (exact) mass is 475 g/mol. The Morgan fingerprint density at radius 3 is 2.37 bits per heavy atom. The molecule has 3 aromatic rings. The fourth-order valence-electron chi connectivity index (χ4n) is 3.17. The number of Topliss-reactive ketones (excluding diaryl/α,β-unsaturated/α-hetero) is 1. The number of aliphatic carboxylic acids is 1. The van der Waals surface area contributed by atoms with Gasteiger partial charge in [-0.3, -0.25) is 4.79 Å². The number of hydrogen-bond donors (Lipinski definition) is 4. The molecular formula is C24H21N5O6. The topological polar surface area (TPSA) is 183 Å². The van der Waals surface area contributed by atoms with Crippen molar-refractivity contribution in [3.8, 4) is 23.3 Å². The van der Waals surface area contributed by atoms with Gasteiger partial charge in [-0.25, -0.2) is 9.78 Å². The van der Waals surface area contributed by atoms with E-state index < -0.39 is 17.5 Å². The van der Waals surface area contributed by atoms with Gasteiger partial charge >= 0.3 is 5.97 Å². The highest BCUT2D eigenvalue weighted by atomic mass is 16.5. The van der Waals surface area contributed by atoms with Gasteiger partial charge in [-0.15, -0.1) is 0 Å². The maximum Gasteiger partial charge on any atom is 0.362 e. The van der Waals surface area contributed by atoms with E-state index in [2.05, 4.69) is 27.0 Å². The molecule has 0 atom stereocenters. The Labute approximate surface area is 200 Å². The van der Waals surface area contributed by atoms with Crippen LogP contribution in [0, 0.1) is 11.8 Å². The zero-order valence-electron chi connectivity index (χ0n) is 18.8. The Kier molecular flexibility index (Phi) is 7.48. The van der Waals surface area contributed by atoms with Crippen molar-refractivity contribution in [3.05, 3.63) is 70.4 Å². The molecule has 11 heteroatoms. The molecule has 178 valence electrons. The van der Waals surface area contributed by atoms with Crippen molar-refractivity contribution in [1.82, 2.24) is 9.97 Å². The van der Waals surface area contributed by atoms with Gasteiger partial charge in [0.05, 0.1) is 19.8 Å². The summed E-state index contributed by atoms with van der Waals surface area (Å²) in [5.74, 6) is 4.69. The minimum absolute atomic E-state index is 0.0373. The van der Waals surface area contributed by atoms with Gasteiger partial charge in [-0.1, -0.05) is 17.0 Å². The molecule has 6 N–H and O–H groups in total. The molecule has 0 spiro atoms. The average Bonchev–Trinajstić information content (AvgIpc) is 2.84. The zero-order valence-corrected chi connectivity index (χ0v) is 18.8. The molecule has 3 rings (SSSR count). The first-order valence-electron chi connectivity index (χ1n) is 10.0. The third-order valence-electron chi connectivity index (χ3n) is 4.86. The van der Waals surface area contributed by atoms with E-state index in [1.54, 1.807) is 12.3 Å². The van der Waals surface area contributed by atoms with Gasteiger partial charge in [0.2, 0.25) is 17.4 Å². The molecule has 0 bridgehead atoms. The summed E-state index contributed by atoms with van der Waals surface area (Å²) < 4.78 is 10.9. The van der Waals surface area contributed by atoms with Crippen LogP contribution in [0.3, 0.4) is 0 Å². The molecule has 35 heavy (non-hydrogen) atoms. The molecule has 11 nitrogen and oxygen atoms in total. The summed E-state index contributed by atoms with van der Waals surface area (Å²) in [6, 6.07) is 9.47. The first kappa shape index (κ1) is 24.5. The first-order chi connectivity index (χ1) is 16.8. The summed E-state index contributed by atoms with van der Waals surface area (Å²) in [6.07, 6.45) is 1.95. The van der Waals surface area contributed by atoms with Crippen LogP contribution in [0.1, 0.15) is 32.6 Å². The lowest BCUT2D eigenvalue weighted by Gasteiger charge is -2.13. The average molecular weight is 475 g/mol. The number of ether oxygens (including phenoxy) is 2. The first-order valence-corrected chi connectivity index (χ1v) is 10.0. The highest BCUT2D eigenvalue weighted by Crippen LogP contribution is 2.33. The van der Waals surface area contributed by atoms with Crippen LogP contribution in [0.5, 0.6) is 11.5 Å². The zero-order chi connectivity index (χ0) is 25.5. The predicted molar refractivity (Wildman–Crippen MR) is 127 cm³/mol. The van der Waals surface area contributed by atoms with E-state index in [0.717, 1.165) is 5.56 Å². The maximum absolute atomic E-state index is 12.1. The summed E-state index contributed by atoms with van der Waals surface area (Å²) >= 11 is 0. The molecule has 1 heterocycles. The van der Waals surface area contributed by atoms with Crippen molar-refractivity contribution in [2.75, 3.05) is 25.7 Å². The van der Waals surface area contributed by atoms with E-state index in [9.17, 15) is 9.59 Å². The van der Waals surface area contributed by atoms with Crippen molar-refractivity contribution < 1.29 is 29.4 Å². The number of ketones is 1. The van der Waals surface area contributed by atoms with Crippen LogP contribution in [0.2, 0.25) is 0 Å². The number of aromatic nitrogens is 2. The summed E-state index contributed by atoms with van der Waals surface area (Å²) in [7, 11) is 3.01. The third-order valence-corrected chi connectivity index (χ3v) is 4.86. The van der Waals surface area contributed by atoms with Gasteiger partial charge in [0.1, 0.15) is 5.82 Å². The molecule has 0 unspecified atom stereocenters. The van der Waals surface area contributed by atoms with Gasteiger partial charge in [0.25, 0.3) is 0 Å². The number of oxime groups is 1. The van der Waals surface area contributed by atoms with Crippen molar-refractivity contribution in [2.45, 2.75) is 6.42 Å². The van der Waals surface area contributed by atoms with Crippen molar-refractivity contribution >= 4 is 29.2 Å². The SMILES string of the molecule is COc1cc(Cc2cnc(N)nc2N)cc(C#Cc2ccc(C(=O)C(=NO)C(=O)O)cc2)c1OC. The minimum atomic E-state index is -1.63. The van der Waals surface area contributed by atoms with Gasteiger partial charge in [0, 0.05) is 29.3 Å². The Morgan fingerprint density at radius 2 is 1.80 bits per heavy atom. The lowest BCUT2D eigenvalue weighted by Crippen LogP contribution is -2.23. The number of methoxy groups -OCH3 is 2. The number of nitrogen functional groups attached to an aromatic ring is 2. The van der Waals surface area contributed by atoms with Crippen LogP contribution in [-0.4, -0.2) is 52.0 Å². The van der Waals surface area contributed by atoms with Crippen molar-refractivity contribution in [2.24, 2.45) is 5.16 Å². The molecule has 0 aliphatic heterocycles. The lowest BCUT2D eigenvalue weighted by atomic mass is 10.0. The summed E-state index contributed by atoms with van der Waals surface area (Å²) in [5.41, 5.74) is 13.2. The Hall–Kier alpha value is -5.11. The Morgan fingerprint density at radius 1 is 1.09 bits per heavy atom. The second kappa shape index (κ2) is 10.7. The van der Waals surface area contributed by atoms with Gasteiger partial charge < -0.3 is 31.3 Å². The number of rotatable bonds is 7. The molecule has 1 aromatic heterocycles. The van der Waals surface area contributed by atoms with E-state index in [4.69, 9.17) is 31.3 Å². The molecule has 0 amide bonds. The third kappa shape index (κ3) is 5.63. The fourth-order valence-corrected chi connectivity index (χ4v) is 3.17. The number of nitrogens with zero attached hydrogens (tertiary/aromatic N) is 3. The number of carbonyl (C=O) groups is 2. The molecule has 0 saturated carbocycles. The molecule has 2 aromatic carbocycles. The second-order valence-corrected chi connectivity index (χ2v) is 7.10. The number of carboxylic acids is 1. The maximum atomic E-state index is 12.1. The van der Waals surface area contributed by atoms with Crippen LogP contribution in [0.4, 0.5) is 11.8 Å². The number of anilines is 2. The van der Waals surface area contributed by atoms with E-state index in [1.165, 1.54) is 38.5 Å². The van der Waals surface area contributed by atoms with E-state index >= 15 is 0 Å². The summed E-state index contributed by atoms with van der Waals surface area (Å²) in [6.45, 7) is 0. The number of benzene rings is 2. The van der Waals surface area contributed by atoms with Crippen LogP contribution in [-0.2, 0) is 11.2 Å². The minimum Gasteiger partial charge on any atom is -0.493 e. The fraction of sp³-hybridized carbons (Fsp3) is 0.125. The predicted octanol–water partition coefficient (Wildman–Crippen LogP) is 1.75. The van der Waals surface area contributed by atoms with Crippen LogP contribution in [0.15, 0.2) is 47.8 Å². The van der Waals surface area contributed by atoms with Crippen molar-refractivity contribution in [3.63, 3.8) is 0 Å². The van der Waals surface area contributed by atoms with E-state index in [-0.39, 0.29) is 17.3 Å². The summed E-state index contributed by atoms with van der Waals surface area (Å²) in [4.78, 5) is 31.1. The molecule has 0 radical (unpaired) electrons. The van der Waals surface area contributed by atoms with E-state index in [1.807, 2.05) is 6.07 Å². The quantitative estimate of drug-likeness (QED) is 0.0980. The molecule has 0 saturated heterocycles. The lowest BCUT2D eigenvalue weighted by molar-refractivity contribution is -0.129. The van der Waals surface area contributed by atoms with E-state index in [0.29, 0.717) is 34.6 Å². The second-order valence-electron chi connectivity index (χ2n) is 7.10. The number of carboxylic acid groups (broad SMARTS) is 1. The molecular weight excluding hydrogens is 454 g/mol. The molecule has 0 fully saturated rings. The normalized spacial score (nSPS) is 10.7. The van der Waals surface area contributed by atoms with Gasteiger partial charge in [0.15, 0.2) is 11.5 Å².